The van der Waals surface area contributed by atoms with Gasteiger partial charge in [-0.2, -0.15) is 0 Å². The Balaban J connectivity index is 2.23. The van der Waals surface area contributed by atoms with E-state index in [2.05, 4.69) is 0 Å². The van der Waals surface area contributed by atoms with Crippen molar-refractivity contribution < 1.29 is 14.3 Å². The summed E-state index contributed by atoms with van der Waals surface area (Å²) in [5.74, 6) is -0.190. The molecule has 4 N–H and O–H groups in total. The summed E-state index contributed by atoms with van der Waals surface area (Å²) in [6.07, 6.45) is 0. The topological polar surface area (TPSA) is 100 Å². The molecule has 1 aliphatic heterocycles. The van der Waals surface area contributed by atoms with E-state index >= 15 is 0 Å². The molecule has 5 nitrogen and oxygen atoms in total. The summed E-state index contributed by atoms with van der Waals surface area (Å²) in [4.78, 5) is 12.2. The number of nitrogens with one attached hydrogen (secondary N) is 1. The highest BCUT2D eigenvalue weighted by molar-refractivity contribution is 6.08. The molecule has 0 radical (unpaired) electrons. The molecule has 0 amide bonds. The quantitative estimate of drug-likeness (QED) is 0.303. The molecule has 0 bridgehead atoms. The van der Waals surface area contributed by atoms with Gasteiger partial charge in [0.15, 0.2) is 0 Å². The fourth-order valence-electron chi connectivity index (χ4n) is 3.91. The van der Waals surface area contributed by atoms with Crippen molar-refractivity contribution in [2.75, 3.05) is 5.73 Å². The Morgan fingerprint density at radius 1 is 1.03 bits per heavy atom. The van der Waals surface area contributed by atoms with E-state index in [1.165, 1.54) is 0 Å². The van der Waals surface area contributed by atoms with E-state index in [9.17, 15) is 9.90 Å². The minimum absolute atomic E-state index is 0.214. The van der Waals surface area contributed by atoms with Crippen LogP contribution in [0.2, 0.25) is 0 Å². The van der Waals surface area contributed by atoms with Gasteiger partial charge in [-0.1, -0.05) is 26.0 Å². The monoisotopic (exact) mass is 400 g/mol. The van der Waals surface area contributed by atoms with Crippen LogP contribution in [-0.4, -0.2) is 11.1 Å². The third-order valence-corrected chi connectivity index (χ3v) is 5.81. The van der Waals surface area contributed by atoms with Crippen molar-refractivity contribution in [1.29, 1.82) is 5.41 Å². The predicted octanol–water partition coefficient (Wildman–Crippen LogP) is 5.70. The van der Waals surface area contributed by atoms with Crippen LogP contribution in [0, 0.1) is 19.3 Å². The summed E-state index contributed by atoms with van der Waals surface area (Å²) in [7, 11) is 0. The SMILES string of the molecule is Cc1c2oc3c(C)c(N)ccc3c(-c3ccc(C(C)C)cc3C(=O)O)c-2ccc1=N. The second-order valence-corrected chi connectivity index (χ2v) is 8.01. The van der Waals surface area contributed by atoms with Crippen molar-refractivity contribution in [3.05, 3.63) is 70.1 Å². The molecule has 0 unspecified atom stereocenters. The normalized spacial score (nSPS) is 11.5. The Labute approximate surface area is 174 Å². The lowest BCUT2D eigenvalue weighted by Crippen LogP contribution is -2.08. The molecule has 2 aliphatic rings. The molecule has 152 valence electrons. The number of carboxylic acids is 1. The summed E-state index contributed by atoms with van der Waals surface area (Å²) in [5, 5.41) is 19.4. The van der Waals surface area contributed by atoms with Crippen LogP contribution < -0.4 is 11.1 Å². The van der Waals surface area contributed by atoms with Gasteiger partial charge in [0.2, 0.25) is 0 Å². The van der Waals surface area contributed by atoms with Gasteiger partial charge in [-0.15, -0.1) is 0 Å². The van der Waals surface area contributed by atoms with Gasteiger partial charge in [0.05, 0.1) is 10.9 Å². The Morgan fingerprint density at radius 2 is 1.73 bits per heavy atom. The highest BCUT2D eigenvalue weighted by Crippen LogP contribution is 2.44. The lowest BCUT2D eigenvalue weighted by atomic mass is 9.87. The number of hydrogen-bond donors (Lipinski definition) is 3. The van der Waals surface area contributed by atoms with Crippen molar-refractivity contribution in [2.24, 2.45) is 0 Å². The molecule has 5 heteroatoms. The molecule has 0 saturated carbocycles. The first-order chi connectivity index (χ1) is 14.2. The van der Waals surface area contributed by atoms with E-state index in [0.29, 0.717) is 33.5 Å². The average molecular weight is 400 g/mol. The highest BCUT2D eigenvalue weighted by atomic mass is 16.4. The molecule has 0 fully saturated rings. The van der Waals surface area contributed by atoms with E-state index in [1.807, 2.05) is 58.0 Å². The minimum Gasteiger partial charge on any atom is -0.478 e. The molecular weight excluding hydrogens is 376 g/mol. The van der Waals surface area contributed by atoms with Crippen molar-refractivity contribution in [1.82, 2.24) is 0 Å². The van der Waals surface area contributed by atoms with Gasteiger partial charge in [-0.05, 0) is 61.2 Å². The molecule has 1 aliphatic carbocycles. The first-order valence-electron chi connectivity index (χ1n) is 9.88. The van der Waals surface area contributed by atoms with Gasteiger partial charge >= 0.3 is 5.97 Å². The number of nitrogens with two attached hydrogens (primary N) is 1. The number of carbonyl (C=O) groups is 1. The molecule has 2 aromatic carbocycles. The number of anilines is 1. The van der Waals surface area contributed by atoms with Gasteiger partial charge < -0.3 is 20.7 Å². The van der Waals surface area contributed by atoms with Crippen molar-refractivity contribution in [3.63, 3.8) is 0 Å². The molecule has 4 rings (SSSR count). The zero-order valence-electron chi connectivity index (χ0n) is 17.5. The Morgan fingerprint density at radius 3 is 2.40 bits per heavy atom. The minimum atomic E-state index is -0.976. The summed E-state index contributed by atoms with van der Waals surface area (Å²) in [5.41, 5.74) is 12.2. The average Bonchev–Trinajstić information content (AvgIpc) is 2.72. The number of nitrogen functional groups attached to an aromatic ring is 1. The maximum Gasteiger partial charge on any atom is 0.336 e. The van der Waals surface area contributed by atoms with Crippen LogP contribution in [0.1, 0.15) is 46.8 Å². The summed E-state index contributed by atoms with van der Waals surface area (Å²) >= 11 is 0. The second kappa shape index (κ2) is 7.02. The van der Waals surface area contributed by atoms with Crippen LogP contribution in [0.5, 0.6) is 0 Å². The van der Waals surface area contributed by atoms with E-state index in [1.54, 1.807) is 12.1 Å². The van der Waals surface area contributed by atoms with Gasteiger partial charge in [0.1, 0.15) is 11.3 Å². The standard InChI is InChI=1S/C25H24N2O3/c1-12(2)15-5-6-16(19(11-15)25(28)29)22-17-7-9-20(26)13(3)23(17)30-24-14(4)21(27)10-8-18(22)24/h5-12,26H,27H2,1-4H3,(H,28,29). The van der Waals surface area contributed by atoms with Crippen LogP contribution in [0.25, 0.3) is 33.4 Å². The molecule has 2 aromatic rings. The van der Waals surface area contributed by atoms with Crippen LogP contribution in [0.15, 0.2) is 46.9 Å². The molecule has 30 heavy (non-hydrogen) atoms. The molecule has 0 atom stereocenters. The maximum absolute atomic E-state index is 12.2. The van der Waals surface area contributed by atoms with Crippen LogP contribution >= 0.6 is 0 Å². The zero-order chi connectivity index (χ0) is 21.7. The number of rotatable bonds is 3. The number of carboxylic acid groups (broad SMARTS) is 1. The van der Waals surface area contributed by atoms with Gasteiger partial charge in [-0.3, -0.25) is 0 Å². The zero-order valence-corrected chi connectivity index (χ0v) is 17.5. The van der Waals surface area contributed by atoms with E-state index in [-0.39, 0.29) is 11.5 Å². The lowest BCUT2D eigenvalue weighted by molar-refractivity contribution is 0.0697. The number of aromatic carboxylic acids is 1. The third-order valence-electron chi connectivity index (χ3n) is 5.81. The Kier molecular flexibility index (Phi) is 4.61. The van der Waals surface area contributed by atoms with Gasteiger partial charge in [0, 0.05) is 33.3 Å². The molecule has 0 spiro atoms. The molecule has 0 aromatic heterocycles. The van der Waals surface area contributed by atoms with Crippen LogP contribution in [0.4, 0.5) is 5.69 Å². The first-order valence-corrected chi connectivity index (χ1v) is 9.88. The smallest absolute Gasteiger partial charge is 0.336 e. The highest BCUT2D eigenvalue weighted by Gasteiger charge is 2.24. The molecule has 0 saturated heterocycles. The fourth-order valence-corrected chi connectivity index (χ4v) is 3.91. The Bertz CT molecular complexity index is 1350. The van der Waals surface area contributed by atoms with Crippen LogP contribution in [-0.2, 0) is 0 Å². The number of aryl methyl sites for hydroxylation is 1. The Hall–Kier alpha value is -3.60. The number of benzene rings is 3. The molecule has 1 heterocycles. The van der Waals surface area contributed by atoms with Crippen molar-refractivity contribution in [2.45, 2.75) is 33.6 Å². The number of hydrogen-bond acceptors (Lipinski definition) is 4. The second-order valence-electron chi connectivity index (χ2n) is 8.01. The summed E-state index contributed by atoms with van der Waals surface area (Å²) < 4.78 is 6.25. The van der Waals surface area contributed by atoms with Crippen molar-refractivity contribution in [3.8, 4) is 22.5 Å². The fraction of sp³-hybridized carbons (Fsp3) is 0.200. The van der Waals surface area contributed by atoms with E-state index in [0.717, 1.165) is 27.6 Å². The number of fused-ring (bicyclic) bond motifs is 2. The van der Waals surface area contributed by atoms with Crippen LogP contribution in [0.3, 0.4) is 0 Å². The summed E-state index contributed by atoms with van der Waals surface area (Å²) in [6.45, 7) is 7.80. The van der Waals surface area contributed by atoms with Gasteiger partial charge in [-0.25, -0.2) is 4.79 Å². The van der Waals surface area contributed by atoms with E-state index in [4.69, 9.17) is 15.6 Å². The first kappa shape index (κ1) is 19.7. The largest absolute Gasteiger partial charge is 0.478 e. The van der Waals surface area contributed by atoms with Gasteiger partial charge in [0.25, 0.3) is 0 Å². The summed E-state index contributed by atoms with van der Waals surface area (Å²) in [6, 6.07) is 12.8. The van der Waals surface area contributed by atoms with E-state index < -0.39 is 5.97 Å². The lowest BCUT2D eigenvalue weighted by Gasteiger charge is -2.20. The third kappa shape index (κ3) is 2.94. The van der Waals surface area contributed by atoms with Crippen molar-refractivity contribution >= 4 is 22.6 Å². The molecular formula is C25H24N2O3. The maximum atomic E-state index is 12.2. The predicted molar refractivity (Wildman–Crippen MR) is 119 cm³/mol.